The van der Waals surface area contributed by atoms with Gasteiger partial charge in [0.2, 0.25) is 0 Å². The molecular weight excluding hydrogens is 310 g/mol. The Kier molecular flexibility index (Phi) is 4.96. The lowest BCUT2D eigenvalue weighted by atomic mass is 9.50. The first-order valence-electron chi connectivity index (χ1n) is 10.8. The number of oxime groups is 1. The maximum Gasteiger partial charge on any atom is 0.0795 e. The molecule has 0 aliphatic heterocycles. The third-order valence-corrected chi connectivity index (χ3v) is 8.71. The lowest BCUT2D eigenvalue weighted by Crippen LogP contribution is -2.47. The van der Waals surface area contributed by atoms with Gasteiger partial charge in [0.1, 0.15) is 0 Å². The lowest BCUT2D eigenvalue weighted by molar-refractivity contribution is -0.0372. The molecular formula is C22H35NO2. The summed E-state index contributed by atoms with van der Waals surface area (Å²) in [6.45, 7) is 2.79. The Hall–Kier alpha value is -0.830. The second-order valence-corrected chi connectivity index (χ2v) is 9.19. The van der Waals surface area contributed by atoms with Crippen LogP contribution in [0.3, 0.4) is 0 Å². The molecule has 0 aromatic carbocycles. The van der Waals surface area contributed by atoms with Crippen molar-refractivity contribution in [1.29, 1.82) is 0 Å². The van der Waals surface area contributed by atoms with Crippen LogP contribution in [-0.2, 0) is 0 Å². The van der Waals surface area contributed by atoms with E-state index in [9.17, 15) is 5.11 Å². The van der Waals surface area contributed by atoms with Crippen LogP contribution in [0, 0.1) is 35.0 Å². The quantitative estimate of drug-likeness (QED) is 0.545. The average molecular weight is 346 g/mol. The number of aliphatic hydroxyl groups is 1. The molecule has 5 unspecified atom stereocenters. The Morgan fingerprint density at radius 3 is 2.76 bits per heavy atom. The second kappa shape index (κ2) is 7.06. The van der Waals surface area contributed by atoms with E-state index in [2.05, 4.69) is 18.2 Å². The largest absolute Gasteiger partial charge is 0.411 e. The van der Waals surface area contributed by atoms with E-state index in [-0.39, 0.29) is 0 Å². The lowest BCUT2D eigenvalue weighted by Gasteiger charge is -2.55. The maximum absolute atomic E-state index is 9.30. The van der Waals surface area contributed by atoms with Crippen molar-refractivity contribution in [2.45, 2.75) is 77.6 Å². The fourth-order valence-corrected chi connectivity index (χ4v) is 7.69. The highest BCUT2D eigenvalue weighted by atomic mass is 16.4. The van der Waals surface area contributed by atoms with Gasteiger partial charge >= 0.3 is 0 Å². The van der Waals surface area contributed by atoms with Crippen molar-refractivity contribution < 1.29 is 10.3 Å². The van der Waals surface area contributed by atoms with Gasteiger partial charge < -0.3 is 10.3 Å². The number of allylic oxidation sites excluding steroid dienone is 2. The van der Waals surface area contributed by atoms with E-state index in [1.807, 2.05) is 0 Å². The highest BCUT2D eigenvalue weighted by Crippen LogP contribution is 2.65. The third-order valence-electron chi connectivity index (χ3n) is 8.71. The Labute approximate surface area is 152 Å². The summed E-state index contributed by atoms with van der Waals surface area (Å²) in [6.07, 6.45) is 16.2. The van der Waals surface area contributed by atoms with Crippen LogP contribution in [0.4, 0.5) is 0 Å². The molecule has 140 valence electrons. The molecule has 3 heteroatoms. The normalized spacial score (nSPS) is 44.8. The van der Waals surface area contributed by atoms with E-state index in [4.69, 9.17) is 5.21 Å². The summed E-state index contributed by atoms with van der Waals surface area (Å²) in [5.74, 6) is 4.33. The Balaban J connectivity index is 1.56. The third kappa shape index (κ3) is 2.78. The SMILES string of the molecule is CCC12CCC3C4CC/C(=N\O)C=C4CCC3C1CC[C@H]2CCCO. The van der Waals surface area contributed by atoms with Crippen LogP contribution in [0.25, 0.3) is 0 Å². The Morgan fingerprint density at radius 2 is 2.00 bits per heavy atom. The van der Waals surface area contributed by atoms with E-state index < -0.39 is 0 Å². The molecule has 0 aromatic heterocycles. The standard InChI is InChI=1S/C22H35NO2/c1-2-22-12-11-19-18-9-7-17(23-25)14-15(18)5-8-20(19)21(22)10-6-16(22)4-3-13-24/h14,16,18-21,24-25H,2-13H2,1H3/b23-17+/t16-,18?,19?,20?,21?,22?/m1/s1. The molecule has 0 saturated heterocycles. The highest BCUT2D eigenvalue weighted by molar-refractivity contribution is 5.96. The zero-order chi connectivity index (χ0) is 17.4. The van der Waals surface area contributed by atoms with Gasteiger partial charge in [0.15, 0.2) is 0 Å². The van der Waals surface area contributed by atoms with E-state index in [0.29, 0.717) is 12.0 Å². The first-order chi connectivity index (χ1) is 12.2. The Morgan fingerprint density at radius 1 is 1.12 bits per heavy atom. The van der Waals surface area contributed by atoms with Gasteiger partial charge in [0.25, 0.3) is 0 Å². The van der Waals surface area contributed by atoms with Crippen molar-refractivity contribution in [1.82, 2.24) is 0 Å². The average Bonchev–Trinajstić information content (AvgIpc) is 3.04. The number of nitrogens with zero attached hydrogens (tertiary/aromatic N) is 1. The van der Waals surface area contributed by atoms with E-state index in [1.165, 1.54) is 57.8 Å². The minimum Gasteiger partial charge on any atom is -0.411 e. The summed E-state index contributed by atoms with van der Waals surface area (Å²) >= 11 is 0. The van der Waals surface area contributed by atoms with Crippen LogP contribution in [0.2, 0.25) is 0 Å². The van der Waals surface area contributed by atoms with Crippen LogP contribution >= 0.6 is 0 Å². The van der Waals surface area contributed by atoms with Crippen molar-refractivity contribution in [2.24, 2.45) is 40.2 Å². The summed E-state index contributed by atoms with van der Waals surface area (Å²) in [6, 6.07) is 0. The van der Waals surface area contributed by atoms with Crippen LogP contribution in [0.15, 0.2) is 16.8 Å². The molecule has 25 heavy (non-hydrogen) atoms. The van der Waals surface area contributed by atoms with Crippen molar-refractivity contribution in [3.8, 4) is 0 Å². The number of rotatable bonds is 4. The molecule has 4 aliphatic rings. The zero-order valence-corrected chi connectivity index (χ0v) is 15.8. The summed E-state index contributed by atoms with van der Waals surface area (Å²) < 4.78 is 0. The van der Waals surface area contributed by atoms with Crippen LogP contribution in [-0.4, -0.2) is 22.6 Å². The van der Waals surface area contributed by atoms with Gasteiger partial charge in [0.05, 0.1) is 5.71 Å². The maximum atomic E-state index is 9.30. The van der Waals surface area contributed by atoms with Crippen LogP contribution in [0.1, 0.15) is 77.6 Å². The van der Waals surface area contributed by atoms with Gasteiger partial charge in [-0.3, -0.25) is 0 Å². The molecule has 0 spiro atoms. The second-order valence-electron chi connectivity index (χ2n) is 9.19. The molecule has 4 rings (SSSR count). The van der Waals surface area contributed by atoms with Gasteiger partial charge in [-0.2, -0.15) is 0 Å². The van der Waals surface area contributed by atoms with Gasteiger partial charge in [0, 0.05) is 6.61 Å². The highest BCUT2D eigenvalue weighted by Gasteiger charge is 2.56. The predicted octanol–water partition coefficient (Wildman–Crippen LogP) is 5.17. The fraction of sp³-hybridized carbons (Fsp3) is 0.864. The number of fused-ring (bicyclic) bond motifs is 5. The number of hydrogen-bond acceptors (Lipinski definition) is 3. The summed E-state index contributed by atoms with van der Waals surface area (Å²) in [4.78, 5) is 0. The number of hydrogen-bond donors (Lipinski definition) is 2. The first-order valence-corrected chi connectivity index (χ1v) is 10.8. The number of aliphatic hydroxyl groups excluding tert-OH is 1. The predicted molar refractivity (Wildman–Crippen MR) is 101 cm³/mol. The van der Waals surface area contributed by atoms with E-state index in [1.54, 1.807) is 5.57 Å². The summed E-state index contributed by atoms with van der Waals surface area (Å²) in [7, 11) is 0. The molecule has 3 nitrogen and oxygen atoms in total. The van der Waals surface area contributed by atoms with Crippen LogP contribution in [0.5, 0.6) is 0 Å². The minimum absolute atomic E-state index is 0.359. The minimum atomic E-state index is 0.359. The molecule has 4 aliphatic carbocycles. The van der Waals surface area contributed by atoms with Gasteiger partial charge in [-0.25, -0.2) is 0 Å². The van der Waals surface area contributed by atoms with E-state index >= 15 is 0 Å². The molecule has 2 N–H and O–H groups in total. The monoisotopic (exact) mass is 345 g/mol. The van der Waals surface area contributed by atoms with Gasteiger partial charge in [-0.15, -0.1) is 0 Å². The molecule has 0 bridgehead atoms. The van der Waals surface area contributed by atoms with Crippen LogP contribution < -0.4 is 0 Å². The molecule has 6 atom stereocenters. The van der Waals surface area contributed by atoms with Crippen molar-refractivity contribution in [2.75, 3.05) is 6.61 Å². The first kappa shape index (κ1) is 17.6. The topological polar surface area (TPSA) is 52.8 Å². The van der Waals surface area contributed by atoms with Crippen molar-refractivity contribution in [3.63, 3.8) is 0 Å². The molecule has 3 saturated carbocycles. The molecule has 0 heterocycles. The molecule has 0 amide bonds. The summed E-state index contributed by atoms with van der Waals surface area (Å²) in [5.41, 5.74) is 3.05. The molecule has 0 radical (unpaired) electrons. The molecule has 3 fully saturated rings. The zero-order valence-electron chi connectivity index (χ0n) is 15.8. The fourth-order valence-electron chi connectivity index (χ4n) is 7.69. The van der Waals surface area contributed by atoms with Gasteiger partial charge in [-0.1, -0.05) is 17.7 Å². The molecule has 0 aromatic rings. The Bertz CT molecular complexity index is 554. The summed E-state index contributed by atoms with van der Waals surface area (Å²) in [5, 5.41) is 21.9. The van der Waals surface area contributed by atoms with E-state index in [0.717, 1.165) is 48.1 Å². The van der Waals surface area contributed by atoms with Gasteiger partial charge in [-0.05, 0) is 112 Å². The van der Waals surface area contributed by atoms with Crippen molar-refractivity contribution in [3.05, 3.63) is 11.6 Å². The van der Waals surface area contributed by atoms with Crippen molar-refractivity contribution >= 4 is 5.71 Å². The smallest absolute Gasteiger partial charge is 0.0795 e.